The molecule has 0 radical (unpaired) electrons. The van der Waals surface area contributed by atoms with Gasteiger partial charge in [-0.15, -0.1) is 0 Å². The van der Waals surface area contributed by atoms with Crippen LogP contribution in [0, 0.1) is 11.3 Å². The van der Waals surface area contributed by atoms with Crippen molar-refractivity contribution in [2.45, 2.75) is 25.8 Å². The Morgan fingerprint density at radius 1 is 1.60 bits per heavy atom. The van der Waals surface area contributed by atoms with Crippen LogP contribution in [0.5, 0.6) is 5.75 Å². The van der Waals surface area contributed by atoms with Gasteiger partial charge in [-0.05, 0) is 24.5 Å². The summed E-state index contributed by atoms with van der Waals surface area (Å²) in [5.74, 6) is 0.113. The van der Waals surface area contributed by atoms with Crippen LogP contribution in [0.1, 0.15) is 18.9 Å². The molecule has 0 heterocycles. The molecule has 0 saturated heterocycles. The minimum Gasteiger partial charge on any atom is -0.482 e. The molecular formula is C14H18ClN3O2. The highest BCUT2D eigenvalue weighted by atomic mass is 35.5. The van der Waals surface area contributed by atoms with E-state index < -0.39 is 0 Å². The normalized spacial score (nSPS) is 11.5. The van der Waals surface area contributed by atoms with E-state index in [-0.39, 0.29) is 25.1 Å². The highest BCUT2D eigenvalue weighted by Crippen LogP contribution is 2.29. The summed E-state index contributed by atoms with van der Waals surface area (Å²) >= 11 is 6.09. The first-order chi connectivity index (χ1) is 9.58. The standard InChI is InChI=1S/C14H18ClN3O2/c1-2-11(17)8-10-4-3-5-12(15)14(10)20-9-13(19)18-7-6-16/h3-5,11H,2,7-9,17H2,1H3,(H,18,19). The Kier molecular flexibility index (Phi) is 6.85. The average molecular weight is 296 g/mol. The first-order valence-electron chi connectivity index (χ1n) is 6.37. The third-order valence-corrected chi connectivity index (χ3v) is 3.06. The number of nitrogens with zero attached hydrogens (tertiary/aromatic N) is 1. The molecule has 0 aliphatic rings. The Morgan fingerprint density at radius 3 is 3.00 bits per heavy atom. The molecule has 0 fully saturated rings. The molecule has 0 aliphatic heterocycles. The van der Waals surface area contributed by atoms with Gasteiger partial charge in [0, 0.05) is 6.04 Å². The van der Waals surface area contributed by atoms with E-state index in [1.54, 1.807) is 6.07 Å². The number of rotatable bonds is 7. The number of nitrogens with one attached hydrogen (secondary N) is 1. The number of benzene rings is 1. The van der Waals surface area contributed by atoms with Crippen molar-refractivity contribution in [3.05, 3.63) is 28.8 Å². The van der Waals surface area contributed by atoms with E-state index in [2.05, 4.69) is 5.32 Å². The first kappa shape index (κ1) is 16.3. The van der Waals surface area contributed by atoms with Gasteiger partial charge in [-0.2, -0.15) is 5.26 Å². The molecular weight excluding hydrogens is 278 g/mol. The van der Waals surface area contributed by atoms with Crippen LogP contribution in [-0.4, -0.2) is 25.1 Å². The molecule has 5 nitrogen and oxygen atoms in total. The Bertz CT molecular complexity index is 500. The van der Waals surface area contributed by atoms with Gasteiger partial charge < -0.3 is 15.8 Å². The number of para-hydroxylation sites is 1. The molecule has 3 N–H and O–H groups in total. The van der Waals surface area contributed by atoms with Crippen molar-refractivity contribution in [3.63, 3.8) is 0 Å². The molecule has 1 amide bonds. The molecule has 1 aromatic rings. The lowest BCUT2D eigenvalue weighted by molar-refractivity contribution is -0.122. The number of ether oxygens (including phenoxy) is 1. The summed E-state index contributed by atoms with van der Waals surface area (Å²) in [6, 6.07) is 7.24. The van der Waals surface area contributed by atoms with E-state index in [4.69, 9.17) is 27.3 Å². The Labute approximate surface area is 123 Å². The second-order valence-electron chi connectivity index (χ2n) is 4.32. The maximum Gasteiger partial charge on any atom is 0.258 e. The van der Waals surface area contributed by atoms with Gasteiger partial charge in [0.05, 0.1) is 11.1 Å². The van der Waals surface area contributed by atoms with Crippen LogP contribution >= 0.6 is 11.6 Å². The van der Waals surface area contributed by atoms with E-state index in [0.29, 0.717) is 17.2 Å². The molecule has 0 spiro atoms. The summed E-state index contributed by atoms with van der Waals surface area (Å²) in [5.41, 5.74) is 6.81. The summed E-state index contributed by atoms with van der Waals surface area (Å²) in [6.07, 6.45) is 1.47. The minimum absolute atomic E-state index is 0.0169. The number of hydrogen-bond donors (Lipinski definition) is 2. The Balaban J connectivity index is 2.73. The SMILES string of the molecule is CCC(N)Cc1cccc(Cl)c1OCC(=O)NCC#N. The Morgan fingerprint density at radius 2 is 2.35 bits per heavy atom. The largest absolute Gasteiger partial charge is 0.482 e. The number of amides is 1. The molecule has 20 heavy (non-hydrogen) atoms. The zero-order chi connectivity index (χ0) is 15.0. The predicted molar refractivity (Wildman–Crippen MR) is 77.5 cm³/mol. The number of nitrogens with two attached hydrogens (primary N) is 1. The second kappa shape index (κ2) is 8.41. The fourth-order valence-electron chi connectivity index (χ4n) is 1.63. The summed E-state index contributed by atoms with van der Waals surface area (Å²) in [5, 5.41) is 11.2. The molecule has 0 saturated carbocycles. The monoisotopic (exact) mass is 295 g/mol. The molecule has 1 atom stereocenters. The van der Waals surface area contributed by atoms with Gasteiger partial charge in [0.2, 0.25) is 0 Å². The number of halogens is 1. The van der Waals surface area contributed by atoms with Crippen molar-refractivity contribution < 1.29 is 9.53 Å². The van der Waals surface area contributed by atoms with Gasteiger partial charge in [0.15, 0.2) is 6.61 Å². The van der Waals surface area contributed by atoms with Gasteiger partial charge in [0.25, 0.3) is 5.91 Å². The van der Waals surface area contributed by atoms with Crippen LogP contribution in [-0.2, 0) is 11.2 Å². The molecule has 0 aliphatic carbocycles. The van der Waals surface area contributed by atoms with Crippen molar-refractivity contribution in [1.82, 2.24) is 5.32 Å². The van der Waals surface area contributed by atoms with Crippen LogP contribution in [0.4, 0.5) is 0 Å². The minimum atomic E-state index is -0.364. The van der Waals surface area contributed by atoms with E-state index in [1.165, 1.54) is 0 Å². The van der Waals surface area contributed by atoms with Crippen molar-refractivity contribution in [1.29, 1.82) is 5.26 Å². The van der Waals surface area contributed by atoms with Crippen molar-refractivity contribution in [3.8, 4) is 11.8 Å². The molecule has 0 bridgehead atoms. The number of carbonyl (C=O) groups excluding carboxylic acids is 1. The number of hydrogen-bond acceptors (Lipinski definition) is 4. The summed E-state index contributed by atoms with van der Waals surface area (Å²) in [6.45, 7) is 1.78. The lowest BCUT2D eigenvalue weighted by Gasteiger charge is -2.15. The lowest BCUT2D eigenvalue weighted by Crippen LogP contribution is -2.29. The molecule has 108 valence electrons. The van der Waals surface area contributed by atoms with E-state index in [1.807, 2.05) is 25.1 Å². The number of carbonyl (C=O) groups is 1. The quantitative estimate of drug-likeness (QED) is 0.749. The third kappa shape index (κ3) is 5.08. The van der Waals surface area contributed by atoms with E-state index in [9.17, 15) is 4.79 Å². The molecule has 1 unspecified atom stereocenters. The molecule has 1 aromatic carbocycles. The second-order valence-corrected chi connectivity index (χ2v) is 4.73. The van der Waals surface area contributed by atoms with Gasteiger partial charge in [-0.1, -0.05) is 30.7 Å². The van der Waals surface area contributed by atoms with E-state index in [0.717, 1.165) is 12.0 Å². The zero-order valence-electron chi connectivity index (χ0n) is 11.4. The third-order valence-electron chi connectivity index (χ3n) is 2.77. The van der Waals surface area contributed by atoms with Crippen LogP contribution in [0.15, 0.2) is 18.2 Å². The predicted octanol–water partition coefficient (Wildman–Crippen LogP) is 1.64. The van der Waals surface area contributed by atoms with Crippen LogP contribution < -0.4 is 15.8 Å². The lowest BCUT2D eigenvalue weighted by atomic mass is 10.0. The maximum atomic E-state index is 11.4. The highest BCUT2D eigenvalue weighted by Gasteiger charge is 2.12. The zero-order valence-corrected chi connectivity index (χ0v) is 12.1. The molecule has 6 heteroatoms. The van der Waals surface area contributed by atoms with Crippen LogP contribution in [0.3, 0.4) is 0 Å². The fourth-order valence-corrected chi connectivity index (χ4v) is 1.88. The topological polar surface area (TPSA) is 88.1 Å². The van der Waals surface area contributed by atoms with Gasteiger partial charge in [-0.25, -0.2) is 0 Å². The smallest absolute Gasteiger partial charge is 0.258 e. The number of nitriles is 1. The first-order valence-corrected chi connectivity index (χ1v) is 6.75. The average Bonchev–Trinajstić information content (AvgIpc) is 2.44. The van der Waals surface area contributed by atoms with Gasteiger partial charge >= 0.3 is 0 Å². The maximum absolute atomic E-state index is 11.4. The summed E-state index contributed by atoms with van der Waals surface area (Å²) < 4.78 is 5.46. The van der Waals surface area contributed by atoms with E-state index >= 15 is 0 Å². The fraction of sp³-hybridized carbons (Fsp3) is 0.429. The Hall–Kier alpha value is -1.77. The summed E-state index contributed by atoms with van der Waals surface area (Å²) in [4.78, 5) is 11.4. The van der Waals surface area contributed by atoms with Crippen molar-refractivity contribution in [2.75, 3.05) is 13.2 Å². The van der Waals surface area contributed by atoms with Crippen molar-refractivity contribution in [2.24, 2.45) is 5.73 Å². The van der Waals surface area contributed by atoms with Crippen LogP contribution in [0.2, 0.25) is 5.02 Å². The van der Waals surface area contributed by atoms with Crippen LogP contribution in [0.25, 0.3) is 0 Å². The summed E-state index contributed by atoms with van der Waals surface area (Å²) in [7, 11) is 0. The highest BCUT2D eigenvalue weighted by molar-refractivity contribution is 6.32. The van der Waals surface area contributed by atoms with Gasteiger partial charge in [-0.3, -0.25) is 4.79 Å². The molecule has 1 rings (SSSR count). The van der Waals surface area contributed by atoms with Gasteiger partial charge in [0.1, 0.15) is 12.3 Å². The molecule has 0 aromatic heterocycles. The van der Waals surface area contributed by atoms with Crippen molar-refractivity contribution >= 4 is 17.5 Å².